The van der Waals surface area contributed by atoms with Crippen molar-refractivity contribution in [2.45, 2.75) is 22.6 Å². The molecule has 0 fully saturated rings. The Labute approximate surface area is 128 Å². The Bertz CT molecular complexity index is 621. The highest BCUT2D eigenvalue weighted by Crippen LogP contribution is 2.44. The molecule has 0 aliphatic carbocycles. The third-order valence-electron chi connectivity index (χ3n) is 3.88. The average molecular weight is 303 g/mol. The Morgan fingerprint density at radius 3 is 2.81 bits per heavy atom. The maximum absolute atomic E-state index is 13.6. The summed E-state index contributed by atoms with van der Waals surface area (Å²) in [7, 11) is 3.54. The first-order valence-electron chi connectivity index (χ1n) is 6.98. The zero-order valence-corrected chi connectivity index (χ0v) is 12.9. The summed E-state index contributed by atoms with van der Waals surface area (Å²) in [6.45, 7) is 0. The van der Waals surface area contributed by atoms with Gasteiger partial charge in [-0.25, -0.2) is 4.39 Å². The second-order valence-electron chi connectivity index (χ2n) is 5.12. The summed E-state index contributed by atoms with van der Waals surface area (Å²) in [5.41, 5.74) is 2.24. The zero-order valence-electron chi connectivity index (χ0n) is 12.1. The molecule has 2 nitrogen and oxygen atoms in total. The lowest BCUT2D eigenvalue weighted by Gasteiger charge is -2.24. The maximum atomic E-state index is 13.6. The van der Waals surface area contributed by atoms with Gasteiger partial charge in [-0.2, -0.15) is 0 Å². The first-order valence-corrected chi connectivity index (χ1v) is 7.86. The summed E-state index contributed by atoms with van der Waals surface area (Å²) in [5.74, 6) is 0.499. The first-order chi connectivity index (χ1) is 10.2. The van der Waals surface area contributed by atoms with Crippen molar-refractivity contribution < 1.29 is 9.13 Å². The van der Waals surface area contributed by atoms with Crippen LogP contribution in [0, 0.1) is 5.82 Å². The van der Waals surface area contributed by atoms with Crippen molar-refractivity contribution >= 4 is 11.8 Å². The molecule has 21 heavy (non-hydrogen) atoms. The lowest BCUT2D eigenvalue weighted by Crippen LogP contribution is -2.27. The number of nitrogens with one attached hydrogen (secondary N) is 1. The Morgan fingerprint density at radius 2 is 2.10 bits per heavy atom. The molecule has 110 valence electrons. The minimum Gasteiger partial charge on any atom is -0.496 e. The van der Waals surface area contributed by atoms with Crippen LogP contribution < -0.4 is 10.1 Å². The standard InChI is InChI=1S/C17H18FNOS/c1-19-17(13-10-12(18)7-8-14(13)20-2)16-9-11-5-3-4-6-15(11)21-16/h3-8,10,16-17,19H,9H2,1-2H3. The summed E-state index contributed by atoms with van der Waals surface area (Å²) in [6, 6.07) is 13.2. The third kappa shape index (κ3) is 2.78. The minimum absolute atomic E-state index is 0.0491. The Morgan fingerprint density at radius 1 is 1.29 bits per heavy atom. The van der Waals surface area contributed by atoms with Crippen LogP contribution in [0.2, 0.25) is 0 Å². The van der Waals surface area contributed by atoms with Crippen LogP contribution in [0.5, 0.6) is 5.75 Å². The lowest BCUT2D eigenvalue weighted by atomic mass is 9.98. The number of benzene rings is 2. The van der Waals surface area contributed by atoms with Crippen LogP contribution in [0.15, 0.2) is 47.4 Å². The number of thioether (sulfide) groups is 1. The van der Waals surface area contributed by atoms with Crippen LogP contribution in [-0.2, 0) is 6.42 Å². The Balaban J connectivity index is 1.92. The molecule has 0 amide bonds. The SMILES string of the molecule is CNC(c1cc(F)ccc1OC)C1Cc2ccccc2S1. The summed E-state index contributed by atoms with van der Waals surface area (Å²) in [6.07, 6.45) is 0.978. The molecule has 0 radical (unpaired) electrons. The van der Waals surface area contributed by atoms with Gasteiger partial charge in [0.15, 0.2) is 0 Å². The number of hydrogen-bond donors (Lipinski definition) is 1. The van der Waals surface area contributed by atoms with Crippen LogP contribution in [0.1, 0.15) is 17.2 Å². The topological polar surface area (TPSA) is 21.3 Å². The number of ether oxygens (including phenoxy) is 1. The molecule has 2 aromatic rings. The van der Waals surface area contributed by atoms with Crippen molar-refractivity contribution in [3.8, 4) is 5.75 Å². The quantitative estimate of drug-likeness (QED) is 0.928. The van der Waals surface area contributed by atoms with Gasteiger partial charge in [0, 0.05) is 21.8 Å². The molecule has 0 bridgehead atoms. The van der Waals surface area contributed by atoms with Gasteiger partial charge in [0.1, 0.15) is 11.6 Å². The summed E-state index contributed by atoms with van der Waals surface area (Å²) >= 11 is 1.85. The smallest absolute Gasteiger partial charge is 0.123 e. The number of halogens is 1. The monoisotopic (exact) mass is 303 g/mol. The van der Waals surface area contributed by atoms with Gasteiger partial charge in [-0.1, -0.05) is 18.2 Å². The largest absolute Gasteiger partial charge is 0.496 e. The van der Waals surface area contributed by atoms with Gasteiger partial charge in [0.25, 0.3) is 0 Å². The van der Waals surface area contributed by atoms with Crippen LogP contribution in [0.4, 0.5) is 4.39 Å². The zero-order chi connectivity index (χ0) is 14.8. The van der Waals surface area contributed by atoms with Crippen LogP contribution >= 0.6 is 11.8 Å². The molecule has 1 aliphatic rings. The predicted octanol–water partition coefficient (Wildman–Crippen LogP) is 3.81. The second kappa shape index (κ2) is 6.08. The fourth-order valence-corrected chi connectivity index (χ4v) is 4.35. The van der Waals surface area contributed by atoms with Gasteiger partial charge >= 0.3 is 0 Å². The predicted molar refractivity (Wildman–Crippen MR) is 84.5 cm³/mol. The van der Waals surface area contributed by atoms with E-state index in [4.69, 9.17) is 4.74 Å². The van der Waals surface area contributed by atoms with E-state index in [1.165, 1.54) is 16.5 Å². The van der Waals surface area contributed by atoms with Gasteiger partial charge in [-0.05, 0) is 43.3 Å². The molecule has 1 aliphatic heterocycles. The van der Waals surface area contributed by atoms with E-state index in [-0.39, 0.29) is 11.9 Å². The molecule has 4 heteroatoms. The molecular weight excluding hydrogens is 285 g/mol. The summed E-state index contributed by atoms with van der Waals surface area (Å²) in [5, 5.41) is 3.67. The van der Waals surface area contributed by atoms with Gasteiger partial charge in [-0.15, -0.1) is 11.8 Å². The first kappa shape index (κ1) is 14.4. The fraction of sp³-hybridized carbons (Fsp3) is 0.294. The van der Waals surface area contributed by atoms with Crippen molar-refractivity contribution in [3.05, 3.63) is 59.4 Å². The van der Waals surface area contributed by atoms with E-state index in [9.17, 15) is 4.39 Å². The molecule has 3 rings (SSSR count). The molecule has 0 spiro atoms. The molecule has 0 saturated carbocycles. The van der Waals surface area contributed by atoms with Gasteiger partial charge in [0.2, 0.25) is 0 Å². The van der Waals surface area contributed by atoms with Crippen LogP contribution in [-0.4, -0.2) is 19.4 Å². The number of hydrogen-bond acceptors (Lipinski definition) is 3. The van der Waals surface area contributed by atoms with E-state index in [1.54, 1.807) is 19.2 Å². The van der Waals surface area contributed by atoms with Gasteiger partial charge in [0.05, 0.1) is 7.11 Å². The number of methoxy groups -OCH3 is 1. The highest BCUT2D eigenvalue weighted by Gasteiger charge is 2.31. The van der Waals surface area contributed by atoms with Crippen molar-refractivity contribution in [1.29, 1.82) is 0 Å². The molecule has 0 aromatic heterocycles. The molecule has 1 heterocycles. The Hall–Kier alpha value is -1.52. The van der Waals surface area contributed by atoms with Gasteiger partial charge in [-0.3, -0.25) is 0 Å². The van der Waals surface area contributed by atoms with E-state index in [2.05, 4.69) is 29.6 Å². The van der Waals surface area contributed by atoms with Crippen molar-refractivity contribution in [2.75, 3.05) is 14.2 Å². The second-order valence-corrected chi connectivity index (χ2v) is 6.40. The fourth-order valence-electron chi connectivity index (χ4n) is 2.88. The van der Waals surface area contributed by atoms with E-state index in [1.807, 2.05) is 18.8 Å². The van der Waals surface area contributed by atoms with E-state index in [0.717, 1.165) is 17.7 Å². The molecule has 1 N–H and O–H groups in total. The number of fused-ring (bicyclic) bond motifs is 1. The summed E-state index contributed by atoms with van der Waals surface area (Å²) in [4.78, 5) is 1.32. The number of rotatable bonds is 4. The van der Waals surface area contributed by atoms with Gasteiger partial charge < -0.3 is 10.1 Å². The highest BCUT2D eigenvalue weighted by molar-refractivity contribution is 8.00. The molecule has 2 atom stereocenters. The normalized spacial score (nSPS) is 18.3. The maximum Gasteiger partial charge on any atom is 0.123 e. The van der Waals surface area contributed by atoms with Crippen LogP contribution in [0.3, 0.4) is 0 Å². The third-order valence-corrected chi connectivity index (χ3v) is 5.28. The van der Waals surface area contributed by atoms with E-state index < -0.39 is 0 Å². The van der Waals surface area contributed by atoms with Crippen molar-refractivity contribution in [2.24, 2.45) is 0 Å². The Kier molecular flexibility index (Phi) is 4.17. The minimum atomic E-state index is -0.230. The van der Waals surface area contributed by atoms with Crippen molar-refractivity contribution in [3.63, 3.8) is 0 Å². The molecular formula is C17H18FNOS. The van der Waals surface area contributed by atoms with Crippen molar-refractivity contribution in [1.82, 2.24) is 5.32 Å². The van der Waals surface area contributed by atoms with Crippen LogP contribution in [0.25, 0.3) is 0 Å². The highest BCUT2D eigenvalue weighted by atomic mass is 32.2. The van der Waals surface area contributed by atoms with E-state index in [0.29, 0.717) is 5.25 Å². The molecule has 0 saturated heterocycles. The molecule has 2 unspecified atom stereocenters. The summed E-state index contributed by atoms with van der Waals surface area (Å²) < 4.78 is 19.0. The molecule has 2 aromatic carbocycles. The average Bonchev–Trinajstić information content (AvgIpc) is 2.92. The lowest BCUT2D eigenvalue weighted by molar-refractivity contribution is 0.398. The van der Waals surface area contributed by atoms with E-state index >= 15 is 0 Å².